The SMILES string of the molecule is CC(=O)c1ccc(S(=O)(=O)Nc2ccc(Sc3nc(C)cs3)cc2)cc1. The number of carbonyl (C=O) groups is 1. The normalized spacial score (nSPS) is 11.3. The van der Waals surface area contributed by atoms with Gasteiger partial charge >= 0.3 is 0 Å². The molecule has 8 heteroatoms. The first kappa shape index (κ1) is 18.6. The molecule has 3 rings (SSSR count). The maximum Gasteiger partial charge on any atom is 0.261 e. The summed E-state index contributed by atoms with van der Waals surface area (Å²) in [7, 11) is -3.70. The lowest BCUT2D eigenvalue weighted by atomic mass is 10.2. The lowest BCUT2D eigenvalue weighted by Crippen LogP contribution is -2.13. The second kappa shape index (κ2) is 7.61. The number of rotatable bonds is 6. The lowest BCUT2D eigenvalue weighted by molar-refractivity contribution is 0.101. The Morgan fingerprint density at radius 2 is 1.73 bits per heavy atom. The molecule has 1 aromatic heterocycles. The second-order valence-electron chi connectivity index (χ2n) is 5.57. The van der Waals surface area contributed by atoms with Gasteiger partial charge in [0.15, 0.2) is 10.1 Å². The van der Waals surface area contributed by atoms with Crippen molar-refractivity contribution in [1.29, 1.82) is 0 Å². The van der Waals surface area contributed by atoms with E-state index < -0.39 is 10.0 Å². The Balaban J connectivity index is 1.72. The van der Waals surface area contributed by atoms with E-state index in [4.69, 9.17) is 0 Å². The maximum atomic E-state index is 12.5. The first-order valence-corrected chi connectivity index (χ1v) is 10.9. The Morgan fingerprint density at radius 1 is 1.08 bits per heavy atom. The van der Waals surface area contributed by atoms with Gasteiger partial charge in [-0.05, 0) is 50.2 Å². The number of nitrogens with zero attached hydrogens (tertiary/aromatic N) is 1. The molecular formula is C18H16N2O3S3. The van der Waals surface area contributed by atoms with Gasteiger partial charge in [-0.1, -0.05) is 23.9 Å². The fourth-order valence-corrected chi connectivity index (χ4v) is 5.02. The van der Waals surface area contributed by atoms with Gasteiger partial charge in [0.1, 0.15) is 0 Å². The van der Waals surface area contributed by atoms with E-state index in [2.05, 4.69) is 9.71 Å². The van der Waals surface area contributed by atoms with E-state index in [1.54, 1.807) is 23.5 Å². The summed E-state index contributed by atoms with van der Waals surface area (Å²) in [6.07, 6.45) is 0. The zero-order valence-electron chi connectivity index (χ0n) is 14.1. The molecule has 0 aliphatic heterocycles. The number of benzene rings is 2. The predicted octanol–water partition coefficient (Wildman–Crippen LogP) is 4.61. The first-order chi connectivity index (χ1) is 12.3. The van der Waals surface area contributed by atoms with E-state index in [9.17, 15) is 13.2 Å². The number of hydrogen-bond donors (Lipinski definition) is 1. The van der Waals surface area contributed by atoms with Crippen molar-refractivity contribution in [3.8, 4) is 0 Å². The van der Waals surface area contributed by atoms with Crippen LogP contribution in [0.15, 0.2) is 68.0 Å². The summed E-state index contributed by atoms with van der Waals surface area (Å²) in [4.78, 5) is 16.8. The van der Waals surface area contributed by atoms with Gasteiger partial charge < -0.3 is 0 Å². The molecule has 134 valence electrons. The van der Waals surface area contributed by atoms with E-state index in [1.165, 1.54) is 43.0 Å². The third kappa shape index (κ3) is 4.51. The number of nitrogens with one attached hydrogen (secondary N) is 1. The third-order valence-corrected chi connectivity index (χ3v) is 6.94. The van der Waals surface area contributed by atoms with E-state index in [-0.39, 0.29) is 10.7 Å². The zero-order chi connectivity index (χ0) is 18.7. The Bertz CT molecular complexity index is 1020. The van der Waals surface area contributed by atoms with Crippen LogP contribution in [0.4, 0.5) is 5.69 Å². The largest absolute Gasteiger partial charge is 0.295 e. The van der Waals surface area contributed by atoms with Gasteiger partial charge in [-0.2, -0.15) is 0 Å². The van der Waals surface area contributed by atoms with Crippen LogP contribution in [0, 0.1) is 6.92 Å². The molecule has 0 spiro atoms. The first-order valence-electron chi connectivity index (χ1n) is 7.67. The quantitative estimate of drug-likeness (QED) is 0.607. The fraction of sp³-hybridized carbons (Fsp3) is 0.111. The van der Waals surface area contributed by atoms with E-state index >= 15 is 0 Å². The number of aromatic nitrogens is 1. The molecule has 2 aromatic carbocycles. The Hall–Kier alpha value is -2.16. The van der Waals surface area contributed by atoms with Crippen LogP contribution in [0.25, 0.3) is 0 Å². The lowest BCUT2D eigenvalue weighted by Gasteiger charge is -2.09. The van der Waals surface area contributed by atoms with Crippen molar-refractivity contribution in [3.05, 3.63) is 65.2 Å². The Morgan fingerprint density at radius 3 is 2.27 bits per heavy atom. The molecule has 26 heavy (non-hydrogen) atoms. The number of ketones is 1. The van der Waals surface area contributed by atoms with Crippen molar-refractivity contribution in [1.82, 2.24) is 4.98 Å². The van der Waals surface area contributed by atoms with E-state index in [0.29, 0.717) is 11.3 Å². The number of Topliss-reactive ketones (excluding diaryl/α,β-unsaturated/α-hetero) is 1. The Kier molecular flexibility index (Phi) is 5.45. The van der Waals surface area contributed by atoms with Crippen LogP contribution < -0.4 is 4.72 Å². The number of hydrogen-bond acceptors (Lipinski definition) is 6. The van der Waals surface area contributed by atoms with Crippen molar-refractivity contribution in [2.24, 2.45) is 0 Å². The van der Waals surface area contributed by atoms with Gasteiger partial charge in [-0.3, -0.25) is 9.52 Å². The minimum Gasteiger partial charge on any atom is -0.295 e. The van der Waals surface area contributed by atoms with Gasteiger partial charge in [-0.15, -0.1) is 11.3 Å². The maximum absolute atomic E-state index is 12.5. The molecule has 0 radical (unpaired) electrons. The van der Waals surface area contributed by atoms with E-state index in [0.717, 1.165) is 14.9 Å². The van der Waals surface area contributed by atoms with Crippen LogP contribution in [0.5, 0.6) is 0 Å². The minimum absolute atomic E-state index is 0.106. The summed E-state index contributed by atoms with van der Waals surface area (Å²) < 4.78 is 28.4. The van der Waals surface area contributed by atoms with Crippen molar-refractivity contribution < 1.29 is 13.2 Å². The molecule has 0 unspecified atom stereocenters. The van der Waals surface area contributed by atoms with Crippen LogP contribution in [0.2, 0.25) is 0 Å². The van der Waals surface area contributed by atoms with Gasteiger partial charge in [0.25, 0.3) is 10.0 Å². The van der Waals surface area contributed by atoms with Crippen molar-refractivity contribution in [2.75, 3.05) is 4.72 Å². The number of carbonyl (C=O) groups excluding carboxylic acids is 1. The van der Waals surface area contributed by atoms with Crippen LogP contribution in [0.1, 0.15) is 23.0 Å². The summed E-state index contributed by atoms with van der Waals surface area (Å²) in [6.45, 7) is 3.38. The van der Waals surface area contributed by atoms with E-state index in [1.807, 2.05) is 24.4 Å². The number of sulfonamides is 1. The number of anilines is 1. The molecule has 5 nitrogen and oxygen atoms in total. The summed E-state index contributed by atoms with van der Waals surface area (Å²) in [5.41, 5.74) is 1.93. The summed E-state index contributed by atoms with van der Waals surface area (Å²) >= 11 is 3.11. The van der Waals surface area contributed by atoms with Crippen molar-refractivity contribution >= 4 is 44.6 Å². The highest BCUT2D eigenvalue weighted by Crippen LogP contribution is 2.31. The predicted molar refractivity (Wildman–Crippen MR) is 105 cm³/mol. The van der Waals surface area contributed by atoms with Crippen LogP contribution in [0.3, 0.4) is 0 Å². The minimum atomic E-state index is -3.70. The van der Waals surface area contributed by atoms with Crippen LogP contribution in [-0.2, 0) is 10.0 Å². The molecule has 0 bridgehead atoms. The number of aryl methyl sites for hydroxylation is 1. The molecular weight excluding hydrogens is 388 g/mol. The highest BCUT2D eigenvalue weighted by molar-refractivity contribution is 8.01. The topological polar surface area (TPSA) is 76.1 Å². The highest BCUT2D eigenvalue weighted by atomic mass is 32.2. The molecule has 0 saturated heterocycles. The van der Waals surface area contributed by atoms with Crippen LogP contribution >= 0.6 is 23.1 Å². The second-order valence-corrected chi connectivity index (χ2v) is 9.43. The van der Waals surface area contributed by atoms with Gasteiger partial charge in [-0.25, -0.2) is 13.4 Å². The van der Waals surface area contributed by atoms with Crippen LogP contribution in [-0.4, -0.2) is 19.2 Å². The van der Waals surface area contributed by atoms with Crippen molar-refractivity contribution in [2.45, 2.75) is 28.0 Å². The van der Waals surface area contributed by atoms with Gasteiger partial charge in [0, 0.05) is 27.2 Å². The molecule has 0 saturated carbocycles. The summed E-state index contributed by atoms with van der Waals surface area (Å²) in [6, 6.07) is 13.0. The molecule has 3 aromatic rings. The average Bonchev–Trinajstić information content (AvgIpc) is 3.01. The number of thiazole rings is 1. The molecule has 1 heterocycles. The Labute approximate surface area is 160 Å². The van der Waals surface area contributed by atoms with Gasteiger partial charge in [0.05, 0.1) is 4.90 Å². The third-order valence-electron chi connectivity index (χ3n) is 3.48. The standard InChI is InChI=1S/C18H16N2O3S3/c1-12-11-24-18(19-12)25-16-7-5-15(6-8-16)20-26(22,23)17-9-3-14(4-10-17)13(2)21/h3-11,20H,1-2H3. The monoisotopic (exact) mass is 404 g/mol. The van der Waals surface area contributed by atoms with Gasteiger partial charge in [0.2, 0.25) is 0 Å². The summed E-state index contributed by atoms with van der Waals surface area (Å²) in [5.74, 6) is -0.106. The zero-order valence-corrected chi connectivity index (χ0v) is 16.5. The van der Waals surface area contributed by atoms with Crippen molar-refractivity contribution in [3.63, 3.8) is 0 Å². The summed E-state index contributed by atoms with van der Waals surface area (Å²) in [5, 5.41) is 1.99. The molecule has 0 atom stereocenters. The molecule has 0 aliphatic carbocycles. The smallest absolute Gasteiger partial charge is 0.261 e. The average molecular weight is 405 g/mol. The fourth-order valence-electron chi connectivity index (χ4n) is 2.15. The molecule has 0 aliphatic rings. The molecule has 1 N–H and O–H groups in total. The molecule has 0 fully saturated rings. The highest BCUT2D eigenvalue weighted by Gasteiger charge is 2.14. The molecule has 0 amide bonds.